The van der Waals surface area contributed by atoms with Crippen LogP contribution in [0.5, 0.6) is 5.75 Å². The predicted molar refractivity (Wildman–Crippen MR) is 151 cm³/mol. The second kappa shape index (κ2) is 9.36. The van der Waals surface area contributed by atoms with E-state index in [-0.39, 0.29) is 5.56 Å². The van der Waals surface area contributed by atoms with Crippen molar-refractivity contribution in [1.29, 1.82) is 0 Å². The Hall–Kier alpha value is -5.18. The van der Waals surface area contributed by atoms with Crippen LogP contribution in [-0.2, 0) is 0 Å². The fraction of sp³-hybridized carbons (Fsp3) is 0.103. The summed E-state index contributed by atoms with van der Waals surface area (Å²) in [6, 6.07) is 23.6. The number of nitrogens with one attached hydrogen (secondary N) is 2. The normalized spacial score (nSPS) is 11.1. The van der Waals surface area contributed by atoms with Crippen LogP contribution in [0.1, 0.15) is 0 Å². The highest BCUT2D eigenvalue weighted by Crippen LogP contribution is 2.28. The van der Waals surface area contributed by atoms with Crippen LogP contribution in [0.3, 0.4) is 0 Å². The number of nitrogens with zero attached hydrogens (tertiary/aromatic N) is 5. The molecule has 9 heteroatoms. The number of aromatic amines is 1. The first-order valence-electron chi connectivity index (χ1n) is 12.1. The molecule has 0 aliphatic rings. The molecule has 9 nitrogen and oxygen atoms in total. The molecule has 0 radical (unpaired) electrons. The monoisotopic (exact) mass is 503 g/mol. The number of methoxy groups -OCH3 is 1. The summed E-state index contributed by atoms with van der Waals surface area (Å²) < 4.78 is 6.85. The highest BCUT2D eigenvalue weighted by molar-refractivity contribution is 6.02. The maximum Gasteiger partial charge on any atom is 0.267 e. The van der Waals surface area contributed by atoms with Gasteiger partial charge in [0, 0.05) is 37.9 Å². The quantitative estimate of drug-likeness (QED) is 0.324. The van der Waals surface area contributed by atoms with Crippen LogP contribution >= 0.6 is 0 Å². The first-order valence-corrected chi connectivity index (χ1v) is 12.1. The van der Waals surface area contributed by atoms with Crippen molar-refractivity contribution in [2.24, 2.45) is 0 Å². The zero-order valence-electron chi connectivity index (χ0n) is 21.1. The van der Waals surface area contributed by atoms with Gasteiger partial charge in [-0.3, -0.25) is 14.5 Å². The number of rotatable bonds is 6. The highest BCUT2D eigenvalue weighted by Gasteiger charge is 2.17. The van der Waals surface area contributed by atoms with E-state index in [1.54, 1.807) is 24.1 Å². The van der Waals surface area contributed by atoms with Crippen LogP contribution in [0, 0.1) is 0 Å². The van der Waals surface area contributed by atoms with Gasteiger partial charge in [0.25, 0.3) is 5.56 Å². The third-order valence-electron chi connectivity index (χ3n) is 6.48. The fourth-order valence-corrected chi connectivity index (χ4v) is 4.47. The maximum atomic E-state index is 13.7. The molecule has 3 aromatic carbocycles. The van der Waals surface area contributed by atoms with Crippen molar-refractivity contribution >= 4 is 39.3 Å². The topological polar surface area (TPSA) is 101 Å². The minimum absolute atomic E-state index is 0.213. The van der Waals surface area contributed by atoms with E-state index in [0.717, 1.165) is 28.3 Å². The number of aromatic nitrogens is 5. The summed E-state index contributed by atoms with van der Waals surface area (Å²) in [6.45, 7) is 0. The van der Waals surface area contributed by atoms with Gasteiger partial charge < -0.3 is 15.0 Å². The Morgan fingerprint density at radius 2 is 1.74 bits per heavy atom. The Labute approximate surface area is 218 Å². The third kappa shape index (κ3) is 4.09. The van der Waals surface area contributed by atoms with Crippen molar-refractivity contribution < 1.29 is 4.74 Å². The Bertz CT molecular complexity index is 1820. The molecule has 6 aromatic rings. The lowest BCUT2D eigenvalue weighted by atomic mass is 10.0. The standard InChI is InChI=1S/C29H25N7O2/c1-35(2)21-11-7-18(8-12-21)19-5-4-6-22(15-19)36-27-24(26-25(28(36)37)17-31-34-26)16-30-29(33-27)32-20-9-13-23(38-3)14-10-20/h4-17H,1-3H3,(H,31,34)(H,30,32,33). The van der Waals surface area contributed by atoms with E-state index in [9.17, 15) is 4.79 Å². The number of fused-ring (bicyclic) bond motifs is 3. The summed E-state index contributed by atoms with van der Waals surface area (Å²) in [5.74, 6) is 1.11. The molecule has 0 bridgehead atoms. The zero-order valence-corrected chi connectivity index (χ0v) is 21.1. The Balaban J connectivity index is 1.49. The molecule has 3 heterocycles. The first-order chi connectivity index (χ1) is 18.5. The van der Waals surface area contributed by atoms with Crippen LogP contribution < -0.4 is 20.5 Å². The van der Waals surface area contributed by atoms with E-state index >= 15 is 0 Å². The van der Waals surface area contributed by atoms with Gasteiger partial charge in [0.15, 0.2) is 5.65 Å². The average Bonchev–Trinajstić information content (AvgIpc) is 3.45. The molecule has 0 aliphatic carbocycles. The van der Waals surface area contributed by atoms with Crippen molar-refractivity contribution in [3.63, 3.8) is 0 Å². The number of ether oxygens (including phenoxy) is 1. The number of hydrogen-bond donors (Lipinski definition) is 2. The summed E-state index contributed by atoms with van der Waals surface area (Å²) in [6.07, 6.45) is 3.30. The Morgan fingerprint density at radius 3 is 2.47 bits per heavy atom. The van der Waals surface area contributed by atoms with Crippen LogP contribution in [0.4, 0.5) is 17.3 Å². The molecule has 0 spiro atoms. The zero-order chi connectivity index (χ0) is 26.2. The van der Waals surface area contributed by atoms with Gasteiger partial charge in [-0.25, -0.2) is 4.98 Å². The van der Waals surface area contributed by atoms with E-state index < -0.39 is 0 Å². The fourth-order valence-electron chi connectivity index (χ4n) is 4.47. The minimum Gasteiger partial charge on any atom is -0.497 e. The summed E-state index contributed by atoms with van der Waals surface area (Å²) in [5, 5.41) is 11.5. The van der Waals surface area contributed by atoms with Crippen molar-refractivity contribution in [2.75, 3.05) is 31.4 Å². The van der Waals surface area contributed by atoms with Crippen LogP contribution in [0.15, 0.2) is 90.0 Å². The van der Waals surface area contributed by atoms with Gasteiger partial charge in [-0.1, -0.05) is 24.3 Å². The summed E-state index contributed by atoms with van der Waals surface area (Å²) in [4.78, 5) is 25.0. The Morgan fingerprint density at radius 1 is 0.947 bits per heavy atom. The molecule has 2 N–H and O–H groups in total. The summed E-state index contributed by atoms with van der Waals surface area (Å²) in [7, 11) is 5.65. The molecule has 3 aromatic heterocycles. The number of hydrogen-bond acceptors (Lipinski definition) is 7. The van der Waals surface area contributed by atoms with Crippen molar-refractivity contribution in [3.8, 4) is 22.6 Å². The lowest BCUT2D eigenvalue weighted by Crippen LogP contribution is -2.20. The van der Waals surface area contributed by atoms with E-state index in [0.29, 0.717) is 33.6 Å². The lowest BCUT2D eigenvalue weighted by Gasteiger charge is -2.14. The molecule has 0 atom stereocenters. The van der Waals surface area contributed by atoms with Crippen molar-refractivity contribution in [1.82, 2.24) is 24.7 Å². The number of H-pyrrole nitrogens is 1. The van der Waals surface area contributed by atoms with Crippen LogP contribution in [-0.4, -0.2) is 45.9 Å². The van der Waals surface area contributed by atoms with Gasteiger partial charge in [-0.2, -0.15) is 10.1 Å². The number of benzene rings is 3. The third-order valence-corrected chi connectivity index (χ3v) is 6.48. The molecule has 0 aliphatic heterocycles. The molecule has 0 amide bonds. The van der Waals surface area contributed by atoms with E-state index in [1.807, 2.05) is 62.6 Å². The SMILES string of the molecule is COc1ccc(Nc2ncc3c4n[nH]cc4c(=O)n(-c4cccc(-c5ccc(N(C)C)cc5)c4)c3n2)cc1. The molecule has 6 rings (SSSR count). The van der Waals surface area contributed by atoms with Crippen molar-refractivity contribution in [3.05, 3.63) is 95.5 Å². The maximum absolute atomic E-state index is 13.7. The first kappa shape index (κ1) is 23.2. The van der Waals surface area contributed by atoms with Crippen molar-refractivity contribution in [2.45, 2.75) is 0 Å². The van der Waals surface area contributed by atoms with E-state index in [4.69, 9.17) is 9.72 Å². The van der Waals surface area contributed by atoms with Gasteiger partial charge in [-0.05, 0) is 59.7 Å². The molecular weight excluding hydrogens is 478 g/mol. The molecule has 0 saturated heterocycles. The van der Waals surface area contributed by atoms with Gasteiger partial charge in [0.05, 0.1) is 23.6 Å². The number of pyridine rings is 1. The Kier molecular flexibility index (Phi) is 5.72. The van der Waals surface area contributed by atoms with E-state index in [2.05, 4.69) is 49.7 Å². The summed E-state index contributed by atoms with van der Waals surface area (Å²) >= 11 is 0. The molecular formula is C29H25N7O2. The molecule has 0 saturated carbocycles. The summed E-state index contributed by atoms with van der Waals surface area (Å²) in [5.41, 5.74) is 5.44. The molecule has 0 unspecified atom stereocenters. The molecule has 38 heavy (non-hydrogen) atoms. The van der Waals surface area contributed by atoms with Gasteiger partial charge in [-0.15, -0.1) is 0 Å². The molecule has 188 valence electrons. The average molecular weight is 504 g/mol. The van der Waals surface area contributed by atoms with Crippen LogP contribution in [0.25, 0.3) is 38.8 Å². The smallest absolute Gasteiger partial charge is 0.267 e. The minimum atomic E-state index is -0.213. The van der Waals surface area contributed by atoms with E-state index in [1.165, 1.54) is 0 Å². The second-order valence-electron chi connectivity index (χ2n) is 9.06. The van der Waals surface area contributed by atoms with Gasteiger partial charge in [0.1, 0.15) is 11.3 Å². The highest BCUT2D eigenvalue weighted by atomic mass is 16.5. The van der Waals surface area contributed by atoms with Gasteiger partial charge >= 0.3 is 0 Å². The number of anilines is 3. The molecule has 0 fully saturated rings. The largest absolute Gasteiger partial charge is 0.497 e. The van der Waals surface area contributed by atoms with Gasteiger partial charge in [0.2, 0.25) is 5.95 Å². The second-order valence-corrected chi connectivity index (χ2v) is 9.06. The lowest BCUT2D eigenvalue weighted by molar-refractivity contribution is 0.415. The predicted octanol–water partition coefficient (Wildman–Crippen LogP) is 5.14. The van der Waals surface area contributed by atoms with Crippen LogP contribution in [0.2, 0.25) is 0 Å².